The molecule has 0 fully saturated rings. The van der Waals surface area contributed by atoms with Crippen LogP contribution in [0.4, 0.5) is 5.13 Å². The largest absolute Gasteiger partial charge is 0.298 e. The number of imide groups is 1. The summed E-state index contributed by atoms with van der Waals surface area (Å²) in [4.78, 5) is 45.9. The zero-order valence-corrected chi connectivity index (χ0v) is 14.4. The van der Waals surface area contributed by atoms with E-state index in [4.69, 9.17) is 0 Å². The highest BCUT2D eigenvalue weighted by Gasteiger charge is 2.33. The molecule has 26 heavy (non-hydrogen) atoms. The Labute approximate surface area is 152 Å². The highest BCUT2D eigenvalue weighted by atomic mass is 32.1. The Hall–Kier alpha value is -3.39. The predicted molar refractivity (Wildman–Crippen MR) is 96.2 cm³/mol. The van der Waals surface area contributed by atoms with Gasteiger partial charge in [0.25, 0.3) is 17.7 Å². The van der Waals surface area contributed by atoms with Gasteiger partial charge in [-0.05, 0) is 30.3 Å². The van der Waals surface area contributed by atoms with Gasteiger partial charge in [-0.2, -0.15) is 0 Å². The van der Waals surface area contributed by atoms with Gasteiger partial charge in [0.05, 0.1) is 16.8 Å². The van der Waals surface area contributed by atoms with Crippen LogP contribution < -0.4 is 5.32 Å². The van der Waals surface area contributed by atoms with Gasteiger partial charge in [0.15, 0.2) is 5.13 Å². The van der Waals surface area contributed by atoms with E-state index in [-0.39, 0.29) is 11.5 Å². The smallest absolute Gasteiger partial charge is 0.261 e. The van der Waals surface area contributed by atoms with Crippen LogP contribution in [0.15, 0.2) is 48.1 Å². The molecular formula is C18H12N4O3S. The first kappa shape index (κ1) is 16.1. The third-order valence-corrected chi connectivity index (χ3v) is 4.79. The minimum absolute atomic E-state index is 0.236. The topological polar surface area (TPSA) is 92.3 Å². The van der Waals surface area contributed by atoms with Crippen LogP contribution in [0.25, 0.3) is 11.3 Å². The number of aromatic nitrogens is 2. The Morgan fingerprint density at radius 1 is 1.15 bits per heavy atom. The van der Waals surface area contributed by atoms with Gasteiger partial charge in [0, 0.05) is 35.9 Å². The highest BCUT2D eigenvalue weighted by molar-refractivity contribution is 7.14. The molecule has 0 spiro atoms. The average molecular weight is 364 g/mol. The fourth-order valence-electron chi connectivity index (χ4n) is 2.65. The SMILES string of the molecule is CN1C(=O)c2ccc(C(=O)Nc3nc(-c4cccnc4)cs3)cc2C1=O. The van der Waals surface area contributed by atoms with E-state index in [1.54, 1.807) is 12.4 Å². The lowest BCUT2D eigenvalue weighted by atomic mass is 10.1. The van der Waals surface area contributed by atoms with Gasteiger partial charge in [0.2, 0.25) is 0 Å². The van der Waals surface area contributed by atoms with Crippen molar-refractivity contribution in [3.63, 3.8) is 0 Å². The maximum atomic E-state index is 12.5. The monoisotopic (exact) mass is 364 g/mol. The molecule has 0 atom stereocenters. The van der Waals surface area contributed by atoms with E-state index in [1.165, 1.54) is 36.6 Å². The molecule has 8 heteroatoms. The summed E-state index contributed by atoms with van der Waals surface area (Å²) in [7, 11) is 1.42. The molecule has 0 saturated heterocycles. The zero-order valence-electron chi connectivity index (χ0n) is 13.6. The number of fused-ring (bicyclic) bond motifs is 1. The predicted octanol–water partition coefficient (Wildman–Crippen LogP) is 2.68. The van der Waals surface area contributed by atoms with Gasteiger partial charge in [-0.25, -0.2) is 4.98 Å². The van der Waals surface area contributed by atoms with E-state index in [9.17, 15) is 14.4 Å². The number of rotatable bonds is 3. The number of hydrogen-bond acceptors (Lipinski definition) is 6. The van der Waals surface area contributed by atoms with Gasteiger partial charge in [-0.15, -0.1) is 11.3 Å². The number of nitrogens with zero attached hydrogens (tertiary/aromatic N) is 3. The zero-order chi connectivity index (χ0) is 18.3. The average Bonchev–Trinajstić information content (AvgIpc) is 3.22. The lowest BCUT2D eigenvalue weighted by Gasteiger charge is -2.03. The van der Waals surface area contributed by atoms with Gasteiger partial charge in [-0.1, -0.05) is 0 Å². The van der Waals surface area contributed by atoms with Gasteiger partial charge < -0.3 is 0 Å². The fourth-order valence-corrected chi connectivity index (χ4v) is 3.36. The Kier molecular flexibility index (Phi) is 3.81. The summed E-state index contributed by atoms with van der Waals surface area (Å²) in [5.74, 6) is -1.17. The number of benzene rings is 1. The summed E-state index contributed by atoms with van der Waals surface area (Å²) in [6.45, 7) is 0. The number of pyridine rings is 1. The molecule has 0 radical (unpaired) electrons. The first-order chi connectivity index (χ1) is 12.5. The Bertz CT molecular complexity index is 1050. The lowest BCUT2D eigenvalue weighted by Crippen LogP contribution is -2.24. The third kappa shape index (κ3) is 2.66. The minimum atomic E-state index is -0.409. The van der Waals surface area contributed by atoms with Crippen LogP contribution >= 0.6 is 11.3 Å². The number of hydrogen-bond donors (Lipinski definition) is 1. The summed E-state index contributed by atoms with van der Waals surface area (Å²) in [5.41, 5.74) is 2.41. The summed E-state index contributed by atoms with van der Waals surface area (Å²) in [6.07, 6.45) is 3.37. The van der Waals surface area contributed by atoms with E-state index in [0.717, 1.165) is 16.2 Å². The second-order valence-electron chi connectivity index (χ2n) is 5.66. The summed E-state index contributed by atoms with van der Waals surface area (Å²) in [6, 6.07) is 8.15. The van der Waals surface area contributed by atoms with Crippen molar-refractivity contribution in [1.29, 1.82) is 0 Å². The molecular weight excluding hydrogens is 352 g/mol. The van der Waals surface area contributed by atoms with Crippen molar-refractivity contribution in [1.82, 2.24) is 14.9 Å². The van der Waals surface area contributed by atoms with Crippen molar-refractivity contribution in [3.8, 4) is 11.3 Å². The molecule has 3 heterocycles. The molecule has 2 aromatic heterocycles. The molecule has 1 aromatic carbocycles. The van der Waals surface area contributed by atoms with Crippen LogP contribution in [0.5, 0.6) is 0 Å². The Morgan fingerprint density at radius 2 is 1.96 bits per heavy atom. The quantitative estimate of drug-likeness (QED) is 0.722. The van der Waals surface area contributed by atoms with E-state index in [1.807, 2.05) is 17.5 Å². The number of carbonyl (C=O) groups excluding carboxylic acids is 3. The van der Waals surface area contributed by atoms with E-state index in [0.29, 0.717) is 16.3 Å². The number of carbonyl (C=O) groups is 3. The van der Waals surface area contributed by atoms with Gasteiger partial charge >= 0.3 is 0 Å². The summed E-state index contributed by atoms with van der Waals surface area (Å²) in [5, 5.41) is 4.98. The molecule has 3 amide bonds. The maximum Gasteiger partial charge on any atom is 0.261 e. The number of nitrogens with one attached hydrogen (secondary N) is 1. The Balaban J connectivity index is 1.56. The molecule has 1 aliphatic rings. The second kappa shape index (κ2) is 6.16. The van der Waals surface area contributed by atoms with Crippen molar-refractivity contribution in [2.24, 2.45) is 0 Å². The van der Waals surface area contributed by atoms with Crippen molar-refractivity contribution in [2.75, 3.05) is 12.4 Å². The normalized spacial score (nSPS) is 13.0. The molecule has 7 nitrogen and oxygen atoms in total. The summed E-state index contributed by atoms with van der Waals surface area (Å²) >= 11 is 1.29. The van der Waals surface area contributed by atoms with Crippen LogP contribution in [0, 0.1) is 0 Å². The lowest BCUT2D eigenvalue weighted by molar-refractivity contribution is 0.0693. The molecule has 0 bridgehead atoms. The second-order valence-corrected chi connectivity index (χ2v) is 6.52. The van der Waals surface area contributed by atoms with Crippen molar-refractivity contribution >= 4 is 34.2 Å². The Morgan fingerprint density at radius 3 is 2.73 bits per heavy atom. The molecule has 1 N–H and O–H groups in total. The van der Waals surface area contributed by atoms with Crippen LogP contribution in [0.3, 0.4) is 0 Å². The number of thiazole rings is 1. The third-order valence-electron chi connectivity index (χ3n) is 4.03. The molecule has 1 aliphatic heterocycles. The molecule has 3 aromatic rings. The highest BCUT2D eigenvalue weighted by Crippen LogP contribution is 2.26. The fraction of sp³-hybridized carbons (Fsp3) is 0.0556. The molecule has 0 saturated carbocycles. The van der Waals surface area contributed by atoms with Crippen molar-refractivity contribution < 1.29 is 14.4 Å². The molecule has 0 unspecified atom stereocenters. The van der Waals surface area contributed by atoms with Gasteiger partial charge in [0.1, 0.15) is 0 Å². The maximum absolute atomic E-state index is 12.5. The molecule has 4 rings (SSSR count). The minimum Gasteiger partial charge on any atom is -0.298 e. The van der Waals surface area contributed by atoms with E-state index < -0.39 is 11.8 Å². The van der Waals surface area contributed by atoms with Crippen LogP contribution in [-0.2, 0) is 0 Å². The summed E-state index contributed by atoms with van der Waals surface area (Å²) < 4.78 is 0. The molecule has 128 valence electrons. The van der Waals surface area contributed by atoms with Crippen LogP contribution in [0.2, 0.25) is 0 Å². The van der Waals surface area contributed by atoms with Gasteiger partial charge in [-0.3, -0.25) is 29.6 Å². The van der Waals surface area contributed by atoms with E-state index >= 15 is 0 Å². The van der Waals surface area contributed by atoms with Crippen LogP contribution in [-0.4, -0.2) is 39.6 Å². The first-order valence-electron chi connectivity index (χ1n) is 7.68. The van der Waals surface area contributed by atoms with Crippen LogP contribution in [0.1, 0.15) is 31.1 Å². The molecule has 0 aliphatic carbocycles. The van der Waals surface area contributed by atoms with E-state index in [2.05, 4.69) is 15.3 Å². The number of anilines is 1. The standard InChI is InChI=1S/C18H12N4O3S/c1-22-16(24)12-5-4-10(7-13(12)17(22)25)15(23)21-18-20-14(9-26-18)11-3-2-6-19-8-11/h2-9H,1H3,(H,20,21,23). The first-order valence-corrected chi connectivity index (χ1v) is 8.56. The van der Waals surface area contributed by atoms with Crippen molar-refractivity contribution in [2.45, 2.75) is 0 Å². The van der Waals surface area contributed by atoms with Crippen molar-refractivity contribution in [3.05, 3.63) is 64.8 Å². The number of amides is 3.